The number of carbonyl (C=O) groups excluding carboxylic acids is 1. The molecule has 5 heteroatoms. The monoisotopic (exact) mass is 329 g/mol. The molecule has 0 radical (unpaired) electrons. The molecule has 0 bridgehead atoms. The van der Waals surface area contributed by atoms with Crippen LogP contribution in [0.3, 0.4) is 0 Å². The van der Waals surface area contributed by atoms with Crippen molar-refractivity contribution >= 4 is 44.5 Å². The number of hydrogen-bond acceptors (Lipinski definition) is 2. The molecule has 0 fully saturated rings. The van der Waals surface area contributed by atoms with Crippen molar-refractivity contribution in [2.45, 2.75) is 26.4 Å². The highest BCUT2D eigenvalue weighted by Gasteiger charge is 2.20. The summed E-state index contributed by atoms with van der Waals surface area (Å²) in [6.07, 6.45) is 1.29. The molecule has 2 aromatic rings. The van der Waals surface area contributed by atoms with Gasteiger partial charge in [0, 0.05) is 21.1 Å². The van der Waals surface area contributed by atoms with Crippen molar-refractivity contribution in [3.8, 4) is 0 Å². The quantitative estimate of drug-likeness (QED) is 0.692. The van der Waals surface area contributed by atoms with Crippen molar-refractivity contribution < 1.29 is 9.53 Å². The Kier molecular flexibility index (Phi) is 3.43. The molecule has 0 amide bonds. The van der Waals surface area contributed by atoms with Crippen LogP contribution in [0.5, 0.6) is 0 Å². The Hall–Kier alpha value is -1.00. The zero-order chi connectivity index (χ0) is 13.5. The number of ether oxygens (including phenoxy) is 1. The first-order valence-electron chi connectivity index (χ1n) is 5.47. The summed E-state index contributed by atoms with van der Waals surface area (Å²) < 4.78 is 7.63. The highest BCUT2D eigenvalue weighted by molar-refractivity contribution is 9.10. The van der Waals surface area contributed by atoms with E-state index >= 15 is 0 Å². The fraction of sp³-hybridized carbons (Fsp3) is 0.308. The van der Waals surface area contributed by atoms with Crippen LogP contribution in [0.2, 0.25) is 5.02 Å². The maximum Gasteiger partial charge on any atom is 0.419 e. The fourth-order valence-corrected chi connectivity index (χ4v) is 2.32. The topological polar surface area (TPSA) is 31.2 Å². The predicted molar refractivity (Wildman–Crippen MR) is 76.3 cm³/mol. The van der Waals surface area contributed by atoms with Gasteiger partial charge in [0.2, 0.25) is 0 Å². The highest BCUT2D eigenvalue weighted by Crippen LogP contribution is 2.29. The zero-order valence-electron chi connectivity index (χ0n) is 10.3. The van der Waals surface area contributed by atoms with E-state index in [1.54, 1.807) is 18.3 Å². The third kappa shape index (κ3) is 2.70. The Morgan fingerprint density at radius 1 is 1.39 bits per heavy atom. The van der Waals surface area contributed by atoms with Crippen LogP contribution in [0.25, 0.3) is 10.9 Å². The SMILES string of the molecule is CC(C)(C)OC(=O)n1cc(Br)c2cc(Cl)ccc21. The smallest absolute Gasteiger partial charge is 0.419 e. The van der Waals surface area contributed by atoms with Gasteiger partial charge in [-0.2, -0.15) is 0 Å². The van der Waals surface area contributed by atoms with Crippen LogP contribution < -0.4 is 0 Å². The lowest BCUT2D eigenvalue weighted by Crippen LogP contribution is -2.26. The molecule has 0 saturated heterocycles. The van der Waals surface area contributed by atoms with Crippen LogP contribution in [0.4, 0.5) is 4.79 Å². The van der Waals surface area contributed by atoms with Crippen LogP contribution in [0.1, 0.15) is 20.8 Å². The zero-order valence-corrected chi connectivity index (χ0v) is 12.7. The molecule has 0 atom stereocenters. The number of rotatable bonds is 0. The van der Waals surface area contributed by atoms with Gasteiger partial charge in [0.1, 0.15) is 5.60 Å². The Balaban J connectivity index is 2.49. The van der Waals surface area contributed by atoms with Gasteiger partial charge in [0.05, 0.1) is 5.52 Å². The van der Waals surface area contributed by atoms with Gasteiger partial charge in [-0.05, 0) is 54.9 Å². The first-order chi connectivity index (χ1) is 8.28. The molecule has 2 rings (SSSR count). The van der Waals surface area contributed by atoms with Gasteiger partial charge in [-0.25, -0.2) is 4.79 Å². The van der Waals surface area contributed by atoms with E-state index in [0.717, 1.165) is 15.4 Å². The summed E-state index contributed by atoms with van der Waals surface area (Å²) in [4.78, 5) is 12.1. The number of carbonyl (C=O) groups is 1. The third-order valence-corrected chi connectivity index (χ3v) is 3.18. The highest BCUT2D eigenvalue weighted by atomic mass is 79.9. The molecule has 18 heavy (non-hydrogen) atoms. The van der Waals surface area contributed by atoms with Crippen molar-refractivity contribution in [2.75, 3.05) is 0 Å². The lowest BCUT2D eigenvalue weighted by atomic mass is 10.2. The Bertz CT molecular complexity index is 613. The summed E-state index contributed by atoms with van der Waals surface area (Å²) in [7, 11) is 0. The van der Waals surface area contributed by atoms with E-state index in [1.807, 2.05) is 26.8 Å². The van der Waals surface area contributed by atoms with E-state index in [1.165, 1.54) is 4.57 Å². The van der Waals surface area contributed by atoms with Crippen LogP contribution in [-0.4, -0.2) is 16.3 Å². The molecule has 0 unspecified atom stereocenters. The van der Waals surface area contributed by atoms with Crippen molar-refractivity contribution in [2.24, 2.45) is 0 Å². The molecule has 1 aromatic carbocycles. The molecule has 1 heterocycles. The lowest BCUT2D eigenvalue weighted by Gasteiger charge is -2.19. The fourth-order valence-electron chi connectivity index (χ4n) is 1.62. The van der Waals surface area contributed by atoms with Crippen LogP contribution >= 0.6 is 27.5 Å². The minimum atomic E-state index is -0.521. The molecular weight excluding hydrogens is 318 g/mol. The summed E-state index contributed by atoms with van der Waals surface area (Å²) in [6, 6.07) is 5.35. The second kappa shape index (κ2) is 4.59. The number of fused-ring (bicyclic) bond motifs is 1. The molecule has 0 aliphatic heterocycles. The Morgan fingerprint density at radius 3 is 2.67 bits per heavy atom. The first kappa shape index (κ1) is 13.4. The molecule has 1 aromatic heterocycles. The molecule has 0 saturated carbocycles. The van der Waals surface area contributed by atoms with Gasteiger partial charge in [-0.15, -0.1) is 0 Å². The second-order valence-corrected chi connectivity index (χ2v) is 6.28. The minimum Gasteiger partial charge on any atom is -0.443 e. The first-order valence-corrected chi connectivity index (χ1v) is 6.64. The lowest BCUT2D eigenvalue weighted by molar-refractivity contribution is 0.0544. The largest absolute Gasteiger partial charge is 0.443 e. The summed E-state index contributed by atoms with van der Waals surface area (Å²) in [5.41, 5.74) is 0.243. The molecule has 96 valence electrons. The summed E-state index contributed by atoms with van der Waals surface area (Å²) in [6.45, 7) is 5.51. The normalized spacial score (nSPS) is 11.8. The Morgan fingerprint density at radius 2 is 2.06 bits per heavy atom. The van der Waals surface area contributed by atoms with E-state index in [0.29, 0.717) is 5.02 Å². The van der Waals surface area contributed by atoms with Crippen molar-refractivity contribution in [1.29, 1.82) is 0 Å². The van der Waals surface area contributed by atoms with Crippen molar-refractivity contribution in [3.63, 3.8) is 0 Å². The van der Waals surface area contributed by atoms with Gasteiger partial charge in [0.15, 0.2) is 0 Å². The molecule has 0 N–H and O–H groups in total. The van der Waals surface area contributed by atoms with E-state index < -0.39 is 11.7 Å². The number of benzene rings is 1. The van der Waals surface area contributed by atoms with E-state index in [2.05, 4.69) is 15.9 Å². The van der Waals surface area contributed by atoms with Gasteiger partial charge in [0.25, 0.3) is 0 Å². The van der Waals surface area contributed by atoms with Gasteiger partial charge in [-0.3, -0.25) is 4.57 Å². The average Bonchev–Trinajstić information content (AvgIpc) is 2.54. The number of nitrogens with zero attached hydrogens (tertiary/aromatic N) is 1. The molecule has 0 spiro atoms. The van der Waals surface area contributed by atoms with Gasteiger partial charge < -0.3 is 4.74 Å². The maximum atomic E-state index is 12.1. The van der Waals surface area contributed by atoms with Crippen LogP contribution in [0, 0.1) is 0 Å². The molecule has 0 aliphatic rings. The van der Waals surface area contributed by atoms with E-state index in [-0.39, 0.29) is 0 Å². The standard InChI is InChI=1S/C13H13BrClNO2/c1-13(2,3)18-12(17)16-7-10(14)9-6-8(15)4-5-11(9)16/h4-7H,1-3H3. The van der Waals surface area contributed by atoms with E-state index in [9.17, 15) is 4.79 Å². The molecule has 0 aliphatic carbocycles. The predicted octanol–water partition coefficient (Wildman–Crippen LogP) is 4.84. The summed E-state index contributed by atoms with van der Waals surface area (Å²) in [5.74, 6) is 0. The van der Waals surface area contributed by atoms with Gasteiger partial charge >= 0.3 is 6.09 Å². The Labute approximate surface area is 119 Å². The summed E-state index contributed by atoms with van der Waals surface area (Å²) in [5, 5.41) is 1.51. The average molecular weight is 331 g/mol. The van der Waals surface area contributed by atoms with Crippen LogP contribution in [0.15, 0.2) is 28.9 Å². The number of aromatic nitrogens is 1. The van der Waals surface area contributed by atoms with Crippen LogP contribution in [-0.2, 0) is 4.74 Å². The minimum absolute atomic E-state index is 0.402. The van der Waals surface area contributed by atoms with Crippen molar-refractivity contribution in [3.05, 3.63) is 33.9 Å². The third-order valence-electron chi connectivity index (χ3n) is 2.31. The number of hydrogen-bond donors (Lipinski definition) is 0. The molecule has 3 nitrogen and oxygen atoms in total. The molecular formula is C13H13BrClNO2. The van der Waals surface area contributed by atoms with Crippen molar-refractivity contribution in [1.82, 2.24) is 4.57 Å². The maximum absolute atomic E-state index is 12.1. The van der Waals surface area contributed by atoms with E-state index in [4.69, 9.17) is 16.3 Å². The number of halogens is 2. The van der Waals surface area contributed by atoms with Gasteiger partial charge in [-0.1, -0.05) is 11.6 Å². The summed E-state index contributed by atoms with van der Waals surface area (Å²) >= 11 is 9.35. The second-order valence-electron chi connectivity index (χ2n) is 4.99.